The summed E-state index contributed by atoms with van der Waals surface area (Å²) in [5, 5.41) is 2.67. The molecule has 0 radical (unpaired) electrons. The Morgan fingerprint density at radius 3 is 2.84 bits per heavy atom. The van der Waals surface area contributed by atoms with Gasteiger partial charge in [-0.25, -0.2) is 0 Å². The van der Waals surface area contributed by atoms with Crippen molar-refractivity contribution < 1.29 is 4.42 Å². The highest BCUT2D eigenvalue weighted by atomic mass is 32.1. The zero-order valence-corrected chi connectivity index (χ0v) is 10.4. The predicted octanol–water partition coefficient (Wildman–Crippen LogP) is 2.75. The number of fused-ring (bicyclic) bond motifs is 4. The maximum Gasteiger partial charge on any atom is 0.262 e. The number of hydrogen-bond acceptors (Lipinski definition) is 4. The number of aromatic amines is 1. The minimum absolute atomic E-state index is 0.338. The van der Waals surface area contributed by atoms with Gasteiger partial charge in [0, 0.05) is 10.8 Å². The van der Waals surface area contributed by atoms with E-state index in [1.807, 2.05) is 30.3 Å². The van der Waals surface area contributed by atoms with Crippen molar-refractivity contribution >= 4 is 22.3 Å². The largest absolute Gasteiger partial charge is 0.454 e. The van der Waals surface area contributed by atoms with E-state index in [1.165, 1.54) is 11.3 Å². The molecule has 1 N–H and O–H groups in total. The Bertz CT molecular complexity index is 962. The molecule has 0 saturated heterocycles. The van der Waals surface area contributed by atoms with Crippen molar-refractivity contribution in [2.24, 2.45) is 0 Å². The lowest BCUT2D eigenvalue weighted by molar-refractivity contribution is 0.622. The lowest BCUT2D eigenvalue weighted by Crippen LogP contribution is -2.05. The van der Waals surface area contributed by atoms with E-state index >= 15 is 0 Å². The van der Waals surface area contributed by atoms with Gasteiger partial charge in [0.25, 0.3) is 11.1 Å². The third-order valence-corrected chi connectivity index (χ3v) is 4.05. The van der Waals surface area contributed by atoms with E-state index in [-0.39, 0.29) is 5.56 Å². The summed E-state index contributed by atoms with van der Waals surface area (Å²) in [6.45, 7) is 0. The summed E-state index contributed by atoms with van der Waals surface area (Å²) in [7, 11) is 0. The minimum atomic E-state index is -0.392. The van der Waals surface area contributed by atoms with Crippen molar-refractivity contribution in [2.75, 3.05) is 0 Å². The second-order valence-electron chi connectivity index (χ2n) is 4.29. The first kappa shape index (κ1) is 10.5. The number of H-pyrrole nitrogens is 1. The predicted molar refractivity (Wildman–Crippen MR) is 74.2 cm³/mol. The van der Waals surface area contributed by atoms with Crippen LogP contribution in [0.2, 0.25) is 0 Å². The summed E-state index contributed by atoms with van der Waals surface area (Å²) in [6, 6.07) is 9.56. The molecule has 0 aliphatic carbocycles. The molecule has 4 nitrogen and oxygen atoms in total. The molecular formula is C14H7NO3S. The number of rotatable bonds is 0. The molecule has 92 valence electrons. The summed E-state index contributed by atoms with van der Waals surface area (Å²) in [4.78, 5) is 26.6. The van der Waals surface area contributed by atoms with Crippen molar-refractivity contribution in [3.05, 3.63) is 56.4 Å². The molecule has 0 spiro atoms. The number of benzene rings is 1. The van der Waals surface area contributed by atoms with E-state index in [1.54, 1.807) is 5.38 Å². The Morgan fingerprint density at radius 1 is 1.11 bits per heavy atom. The Morgan fingerprint density at radius 2 is 1.95 bits per heavy atom. The van der Waals surface area contributed by atoms with Crippen molar-refractivity contribution in [1.29, 1.82) is 0 Å². The molecule has 1 aromatic carbocycles. The summed E-state index contributed by atoms with van der Waals surface area (Å²) in [5.41, 5.74) is 0.673. The van der Waals surface area contributed by atoms with Crippen LogP contribution in [0.4, 0.5) is 0 Å². The second kappa shape index (κ2) is 3.55. The molecule has 0 amide bonds. The van der Waals surface area contributed by atoms with Gasteiger partial charge in [-0.05, 0) is 12.1 Å². The van der Waals surface area contributed by atoms with Crippen LogP contribution in [0, 0.1) is 0 Å². The molecule has 1 aromatic rings. The van der Waals surface area contributed by atoms with Gasteiger partial charge in [-0.1, -0.05) is 18.2 Å². The standard InChI is InChI=1S/C14H7NO3S/c16-13-8-6-19-10-5-7-3-1-2-4-9(7)18-12(10)11(8)14(17)15-13/h1-6H,(H,15,16,17). The van der Waals surface area contributed by atoms with Gasteiger partial charge in [0.05, 0.1) is 16.0 Å². The number of aromatic nitrogens is 1. The maximum atomic E-state index is 11.8. The summed E-state index contributed by atoms with van der Waals surface area (Å²) in [5.74, 6) is 0.476. The fourth-order valence-electron chi connectivity index (χ4n) is 2.25. The average Bonchev–Trinajstić information content (AvgIpc) is 2.72. The van der Waals surface area contributed by atoms with Crippen molar-refractivity contribution in [2.45, 2.75) is 0 Å². The van der Waals surface area contributed by atoms with Crippen LogP contribution in [-0.4, -0.2) is 4.98 Å². The SMILES string of the molecule is O=c1[nH]c(=O)c2c3oc4ccccc4cc-3scc1-2. The van der Waals surface area contributed by atoms with E-state index in [0.717, 1.165) is 10.3 Å². The highest BCUT2D eigenvalue weighted by Gasteiger charge is 2.23. The molecular weight excluding hydrogens is 262 g/mol. The van der Waals surface area contributed by atoms with Crippen molar-refractivity contribution in [3.63, 3.8) is 0 Å². The molecule has 0 fully saturated rings. The summed E-state index contributed by atoms with van der Waals surface area (Å²) < 4.78 is 5.81. The van der Waals surface area contributed by atoms with Gasteiger partial charge in [-0.15, -0.1) is 11.3 Å². The fraction of sp³-hybridized carbons (Fsp3) is 0. The molecule has 0 atom stereocenters. The molecule has 19 heavy (non-hydrogen) atoms. The normalized spacial score (nSPS) is 11.6. The van der Waals surface area contributed by atoms with Gasteiger partial charge in [-0.2, -0.15) is 0 Å². The topological polar surface area (TPSA) is 63.1 Å². The highest BCUT2D eigenvalue weighted by Crippen LogP contribution is 2.37. The van der Waals surface area contributed by atoms with Gasteiger partial charge >= 0.3 is 0 Å². The Hall–Kier alpha value is -2.40. The molecule has 4 rings (SSSR count). The zero-order chi connectivity index (χ0) is 13.0. The molecule has 0 aromatic heterocycles. The fourth-order valence-corrected chi connectivity index (χ4v) is 3.17. The molecule has 0 unspecified atom stereocenters. The third kappa shape index (κ3) is 1.39. The van der Waals surface area contributed by atoms with Gasteiger partial charge in [0.2, 0.25) is 0 Å². The minimum Gasteiger partial charge on any atom is -0.454 e. The lowest BCUT2D eigenvalue weighted by Gasteiger charge is -2.09. The first-order valence-electron chi connectivity index (χ1n) is 5.70. The second-order valence-corrected chi connectivity index (χ2v) is 5.20. The molecule has 0 bridgehead atoms. The molecule has 0 saturated carbocycles. The van der Waals surface area contributed by atoms with E-state index in [0.29, 0.717) is 22.5 Å². The lowest BCUT2D eigenvalue weighted by atomic mass is 10.1. The first-order chi connectivity index (χ1) is 9.24. The zero-order valence-electron chi connectivity index (χ0n) is 9.60. The van der Waals surface area contributed by atoms with Gasteiger partial charge in [0.15, 0.2) is 5.76 Å². The Kier molecular flexibility index (Phi) is 1.97. The van der Waals surface area contributed by atoms with Crippen LogP contribution in [0.25, 0.3) is 32.7 Å². The van der Waals surface area contributed by atoms with Gasteiger partial charge < -0.3 is 4.42 Å². The number of hydrogen-bond donors (Lipinski definition) is 1. The van der Waals surface area contributed by atoms with Crippen LogP contribution in [-0.2, 0) is 0 Å². The highest BCUT2D eigenvalue weighted by molar-refractivity contribution is 7.13. The summed E-state index contributed by atoms with van der Waals surface area (Å²) >= 11 is 1.40. The van der Waals surface area contributed by atoms with Gasteiger partial charge in [-0.3, -0.25) is 14.6 Å². The third-order valence-electron chi connectivity index (χ3n) is 3.14. The van der Waals surface area contributed by atoms with E-state index in [4.69, 9.17) is 4.42 Å². The van der Waals surface area contributed by atoms with Crippen LogP contribution in [0.5, 0.6) is 0 Å². The molecule has 5 heteroatoms. The average molecular weight is 269 g/mol. The Balaban J connectivity index is 2.27. The Labute approximate surface area is 110 Å². The van der Waals surface area contributed by atoms with E-state index in [2.05, 4.69) is 4.98 Å². The van der Waals surface area contributed by atoms with Crippen molar-refractivity contribution in [3.8, 4) is 21.8 Å². The van der Waals surface area contributed by atoms with Crippen LogP contribution < -0.4 is 11.1 Å². The van der Waals surface area contributed by atoms with Gasteiger partial charge in [0.1, 0.15) is 5.58 Å². The van der Waals surface area contributed by atoms with Crippen LogP contribution >= 0.6 is 11.3 Å². The number of nitrogens with one attached hydrogen (secondary N) is 1. The molecule has 3 aliphatic heterocycles. The molecule has 3 aliphatic rings. The quantitative estimate of drug-likeness (QED) is 0.499. The smallest absolute Gasteiger partial charge is 0.262 e. The molecule has 3 heterocycles. The maximum absolute atomic E-state index is 11.8. The van der Waals surface area contributed by atoms with E-state index < -0.39 is 5.56 Å². The summed E-state index contributed by atoms with van der Waals surface area (Å²) in [6.07, 6.45) is 0. The number of para-hydroxylation sites is 1. The van der Waals surface area contributed by atoms with Crippen LogP contribution in [0.3, 0.4) is 0 Å². The first-order valence-corrected chi connectivity index (χ1v) is 6.58. The van der Waals surface area contributed by atoms with Crippen LogP contribution in [0.1, 0.15) is 0 Å². The van der Waals surface area contributed by atoms with Crippen molar-refractivity contribution in [1.82, 2.24) is 4.98 Å². The van der Waals surface area contributed by atoms with Crippen LogP contribution in [0.15, 0.2) is 49.7 Å². The van der Waals surface area contributed by atoms with E-state index in [9.17, 15) is 9.59 Å². The monoisotopic (exact) mass is 269 g/mol.